The largest absolute Gasteiger partial charge is 0.323 e. The molecule has 0 unspecified atom stereocenters. The molecule has 3 rings (SSSR count). The summed E-state index contributed by atoms with van der Waals surface area (Å²) in [6, 6.07) is 9.56. The molecule has 1 aromatic carbocycles. The maximum atomic E-state index is 12.8. The summed E-state index contributed by atoms with van der Waals surface area (Å²) in [7, 11) is 0. The highest BCUT2D eigenvalue weighted by Crippen LogP contribution is 2.37. The third-order valence-corrected chi connectivity index (χ3v) is 6.16. The molecule has 0 spiro atoms. The maximum absolute atomic E-state index is 12.8. The van der Waals surface area contributed by atoms with Crippen molar-refractivity contribution in [1.29, 1.82) is 0 Å². The Bertz CT molecular complexity index is 1040. The summed E-state index contributed by atoms with van der Waals surface area (Å²) in [4.78, 5) is 29.9. The first-order valence-electron chi connectivity index (χ1n) is 10.6. The number of hydrogen-bond donors (Lipinski definition) is 2. The number of ketones is 2. The van der Waals surface area contributed by atoms with E-state index in [1.165, 1.54) is 0 Å². The van der Waals surface area contributed by atoms with Crippen molar-refractivity contribution in [2.24, 2.45) is 5.84 Å². The quantitative estimate of drug-likeness (QED) is 0.162. The van der Waals surface area contributed by atoms with Gasteiger partial charge < -0.3 is 5.43 Å². The van der Waals surface area contributed by atoms with Gasteiger partial charge in [0.2, 0.25) is 0 Å². The predicted octanol–water partition coefficient (Wildman–Crippen LogP) is 6.38. The Kier molecular flexibility index (Phi) is 7.71. The number of fused-ring (bicyclic) bond motifs is 1. The van der Waals surface area contributed by atoms with E-state index in [0.717, 1.165) is 59.0 Å². The third kappa shape index (κ3) is 4.94. The summed E-state index contributed by atoms with van der Waals surface area (Å²) in [6.45, 7) is 4.12. The average molecular weight is 424 g/mol. The van der Waals surface area contributed by atoms with Gasteiger partial charge in [-0.2, -0.15) is 0 Å². The number of carbonyl (C=O) groups is 2. The van der Waals surface area contributed by atoms with Crippen LogP contribution in [0.25, 0.3) is 21.2 Å². The van der Waals surface area contributed by atoms with E-state index >= 15 is 0 Å². The van der Waals surface area contributed by atoms with E-state index in [1.54, 1.807) is 11.3 Å². The maximum Gasteiger partial charge on any atom is 0.181 e. The average Bonchev–Trinajstić information content (AvgIpc) is 3.25. The SMILES string of the molecule is CCCCCCC(=O)c1cc(-c2ccc(NN)c3ccsc23)cc(C(=O)CCC)n1. The van der Waals surface area contributed by atoms with E-state index in [2.05, 4.69) is 17.3 Å². The first kappa shape index (κ1) is 22.1. The molecule has 0 amide bonds. The van der Waals surface area contributed by atoms with Crippen LogP contribution >= 0.6 is 11.3 Å². The van der Waals surface area contributed by atoms with Crippen LogP contribution in [-0.4, -0.2) is 16.6 Å². The molecule has 0 aliphatic carbocycles. The summed E-state index contributed by atoms with van der Waals surface area (Å²) in [6.07, 6.45) is 5.76. The molecule has 0 atom stereocenters. The Hall–Kier alpha value is -2.57. The first-order valence-corrected chi connectivity index (χ1v) is 11.5. The van der Waals surface area contributed by atoms with Crippen molar-refractivity contribution in [2.75, 3.05) is 5.43 Å². The standard InChI is InChI=1S/C24H29N3O2S/c1-3-5-6-7-9-23(29)21-15-16(14-20(26-21)22(28)8-4-2)17-10-11-19(27-25)18-12-13-30-24(17)18/h10-15,27H,3-9,25H2,1-2H3. The van der Waals surface area contributed by atoms with Crippen LogP contribution in [0.1, 0.15) is 79.8 Å². The molecule has 0 fully saturated rings. The second-order valence-electron chi connectivity index (χ2n) is 7.50. The van der Waals surface area contributed by atoms with Gasteiger partial charge in [-0.3, -0.25) is 15.4 Å². The molecule has 0 aliphatic rings. The van der Waals surface area contributed by atoms with Gasteiger partial charge in [0.15, 0.2) is 11.6 Å². The second kappa shape index (κ2) is 10.5. The fourth-order valence-corrected chi connectivity index (χ4v) is 4.54. The molecule has 0 bridgehead atoms. The van der Waals surface area contributed by atoms with Gasteiger partial charge >= 0.3 is 0 Å². The van der Waals surface area contributed by atoms with Crippen LogP contribution in [-0.2, 0) is 0 Å². The molecule has 158 valence electrons. The van der Waals surface area contributed by atoms with E-state index < -0.39 is 0 Å². The van der Waals surface area contributed by atoms with Gasteiger partial charge in [-0.05, 0) is 53.6 Å². The molecule has 6 heteroatoms. The number of carbonyl (C=O) groups excluding carboxylic acids is 2. The van der Waals surface area contributed by atoms with E-state index in [-0.39, 0.29) is 11.6 Å². The van der Waals surface area contributed by atoms with Gasteiger partial charge in [-0.25, -0.2) is 4.98 Å². The number of pyridine rings is 1. The Labute approximate surface area is 181 Å². The monoisotopic (exact) mass is 423 g/mol. The van der Waals surface area contributed by atoms with E-state index in [4.69, 9.17) is 5.84 Å². The van der Waals surface area contributed by atoms with E-state index in [1.807, 2.05) is 42.6 Å². The molecule has 0 saturated heterocycles. The molecule has 0 saturated carbocycles. The lowest BCUT2D eigenvalue weighted by Gasteiger charge is -2.11. The Morgan fingerprint density at radius 3 is 2.37 bits per heavy atom. The van der Waals surface area contributed by atoms with Crippen LogP contribution in [0.3, 0.4) is 0 Å². The highest BCUT2D eigenvalue weighted by atomic mass is 32.1. The summed E-state index contributed by atoms with van der Waals surface area (Å²) in [5, 5.41) is 3.03. The molecule has 2 heterocycles. The topological polar surface area (TPSA) is 85.1 Å². The summed E-state index contributed by atoms with van der Waals surface area (Å²) >= 11 is 1.61. The number of hydrazine groups is 1. The van der Waals surface area contributed by atoms with Crippen LogP contribution < -0.4 is 11.3 Å². The van der Waals surface area contributed by atoms with Crippen LogP contribution in [0, 0.1) is 0 Å². The number of anilines is 1. The molecule has 5 nitrogen and oxygen atoms in total. The van der Waals surface area contributed by atoms with Crippen molar-refractivity contribution in [1.82, 2.24) is 4.98 Å². The van der Waals surface area contributed by atoms with Gasteiger partial charge in [0, 0.05) is 22.9 Å². The Morgan fingerprint density at radius 2 is 1.70 bits per heavy atom. The molecule has 3 N–H and O–H groups in total. The van der Waals surface area contributed by atoms with Gasteiger partial charge in [-0.15, -0.1) is 11.3 Å². The normalized spacial score (nSPS) is 11.0. The zero-order valence-corrected chi connectivity index (χ0v) is 18.5. The number of nitrogens with two attached hydrogens (primary N) is 1. The van der Waals surface area contributed by atoms with Gasteiger partial charge in [0.25, 0.3) is 0 Å². The minimum Gasteiger partial charge on any atom is -0.323 e. The van der Waals surface area contributed by atoms with Crippen molar-refractivity contribution in [3.05, 3.63) is 47.1 Å². The number of nitrogens with zero attached hydrogens (tertiary/aromatic N) is 1. The lowest BCUT2D eigenvalue weighted by atomic mass is 9.99. The number of thiophene rings is 1. The van der Waals surface area contributed by atoms with Gasteiger partial charge in [-0.1, -0.05) is 39.2 Å². The van der Waals surface area contributed by atoms with Crippen molar-refractivity contribution in [3.8, 4) is 11.1 Å². The Morgan fingerprint density at radius 1 is 0.967 bits per heavy atom. The number of rotatable bonds is 11. The molecular formula is C24H29N3O2S. The van der Waals surface area contributed by atoms with Crippen molar-refractivity contribution >= 4 is 38.7 Å². The molecule has 2 aromatic heterocycles. The summed E-state index contributed by atoms with van der Waals surface area (Å²) < 4.78 is 1.06. The minimum absolute atomic E-state index is 0.00108. The van der Waals surface area contributed by atoms with Crippen molar-refractivity contribution in [2.45, 2.75) is 58.8 Å². The lowest BCUT2D eigenvalue weighted by Crippen LogP contribution is -2.09. The fourth-order valence-electron chi connectivity index (χ4n) is 3.58. The molecule has 0 aliphatic heterocycles. The number of nitrogen functional groups attached to an aromatic ring is 1. The summed E-state index contributed by atoms with van der Waals surface area (Å²) in [5.74, 6) is 5.62. The van der Waals surface area contributed by atoms with Gasteiger partial charge in [0.05, 0.1) is 5.69 Å². The highest BCUT2D eigenvalue weighted by molar-refractivity contribution is 7.17. The number of benzene rings is 1. The number of unbranched alkanes of at least 4 members (excludes halogenated alkanes) is 3. The summed E-state index contributed by atoms with van der Waals surface area (Å²) in [5.41, 5.74) is 6.16. The minimum atomic E-state index is -0.0259. The fraction of sp³-hybridized carbons (Fsp3) is 0.375. The molecule has 30 heavy (non-hydrogen) atoms. The second-order valence-corrected chi connectivity index (χ2v) is 8.42. The van der Waals surface area contributed by atoms with Crippen molar-refractivity contribution < 1.29 is 9.59 Å². The van der Waals surface area contributed by atoms with Crippen molar-refractivity contribution in [3.63, 3.8) is 0 Å². The molecule has 3 aromatic rings. The van der Waals surface area contributed by atoms with Crippen LogP contribution in [0.15, 0.2) is 35.7 Å². The van der Waals surface area contributed by atoms with Crippen LogP contribution in [0.4, 0.5) is 5.69 Å². The Balaban J connectivity index is 2.04. The van der Waals surface area contributed by atoms with Crippen LogP contribution in [0.2, 0.25) is 0 Å². The van der Waals surface area contributed by atoms with Crippen LogP contribution in [0.5, 0.6) is 0 Å². The zero-order chi connectivity index (χ0) is 21.5. The zero-order valence-electron chi connectivity index (χ0n) is 17.7. The number of Topliss-reactive ketones (excluding diaryl/α,β-unsaturated/α-hetero) is 2. The predicted molar refractivity (Wildman–Crippen MR) is 125 cm³/mol. The number of aromatic nitrogens is 1. The highest BCUT2D eigenvalue weighted by Gasteiger charge is 2.17. The third-order valence-electron chi connectivity index (χ3n) is 5.21. The first-order chi connectivity index (χ1) is 14.6. The molecular weight excluding hydrogens is 394 g/mol. The molecule has 0 radical (unpaired) electrons. The smallest absolute Gasteiger partial charge is 0.181 e. The van der Waals surface area contributed by atoms with E-state index in [9.17, 15) is 9.59 Å². The van der Waals surface area contributed by atoms with Gasteiger partial charge in [0.1, 0.15) is 11.4 Å². The lowest BCUT2D eigenvalue weighted by molar-refractivity contribution is 0.0971. The number of nitrogens with one attached hydrogen (secondary N) is 1. The van der Waals surface area contributed by atoms with E-state index in [0.29, 0.717) is 24.2 Å². The number of hydrogen-bond acceptors (Lipinski definition) is 6.